The first-order valence-corrected chi connectivity index (χ1v) is 40.8. The number of rotatable bonds is 28. The Kier molecular flexibility index (Phi) is 28.4. The van der Waals surface area contributed by atoms with Crippen LogP contribution in [-0.4, -0.2) is 185 Å². The molecule has 13 heterocycles. The number of aryl methyl sites for hydroxylation is 5. The molecule has 116 heavy (non-hydrogen) atoms. The largest absolute Gasteiger partial charge is 0.396 e. The Morgan fingerprint density at radius 3 is 1.22 bits per heavy atom. The maximum atomic E-state index is 11.9. The molecule has 3 saturated carbocycles. The molecule has 0 amide bonds. The van der Waals surface area contributed by atoms with Crippen molar-refractivity contribution in [1.82, 2.24) is 108 Å². The summed E-state index contributed by atoms with van der Waals surface area (Å²) in [5, 5.41) is 80.2. The van der Waals surface area contributed by atoms with Crippen LogP contribution in [0.1, 0.15) is 175 Å². The van der Waals surface area contributed by atoms with E-state index in [1.54, 1.807) is 68.4 Å². The Morgan fingerprint density at radius 2 is 0.828 bits per heavy atom. The summed E-state index contributed by atoms with van der Waals surface area (Å²) in [4.78, 5) is 72.2. The maximum absolute atomic E-state index is 11.9. The smallest absolute Gasteiger partial charge is 0.250 e. The predicted molar refractivity (Wildman–Crippen MR) is 445 cm³/mol. The Bertz CT molecular complexity index is 5170. The highest BCUT2D eigenvalue weighted by atomic mass is 16.3. The molecule has 37 nitrogen and oxygen atoms in total. The Labute approximate surface area is 672 Å². The molecule has 0 aromatic carbocycles. The summed E-state index contributed by atoms with van der Waals surface area (Å²) in [6, 6.07) is 8.22. The molecule has 12 aromatic heterocycles. The summed E-state index contributed by atoms with van der Waals surface area (Å²) in [5.41, 5.74) is 22.2. The van der Waals surface area contributed by atoms with E-state index in [1.165, 1.54) is 17.4 Å². The minimum atomic E-state index is -0.0517. The lowest BCUT2D eigenvalue weighted by Gasteiger charge is -2.35. The summed E-state index contributed by atoms with van der Waals surface area (Å²) >= 11 is 0. The molecule has 0 radical (unpaired) electrons. The number of nitrogen functional groups attached to an aromatic ring is 2. The molecule has 3 aliphatic carbocycles. The van der Waals surface area contributed by atoms with Crippen molar-refractivity contribution in [1.29, 1.82) is 0 Å². The van der Waals surface area contributed by atoms with Gasteiger partial charge in [-0.2, -0.15) is 78.3 Å². The van der Waals surface area contributed by atoms with E-state index >= 15 is 0 Å². The van der Waals surface area contributed by atoms with Gasteiger partial charge in [-0.1, -0.05) is 72.3 Å². The molecule has 16 rings (SSSR count). The molecule has 7 atom stereocenters. The summed E-state index contributed by atoms with van der Waals surface area (Å²) < 4.78 is 8.45. The van der Waals surface area contributed by atoms with Gasteiger partial charge in [0.1, 0.15) is 0 Å². The average Bonchev–Trinajstić information content (AvgIpc) is 1.62. The van der Waals surface area contributed by atoms with Gasteiger partial charge in [0.05, 0.1) is 24.8 Å². The Hall–Kier alpha value is -11.7. The number of nitrogens with one attached hydrogen (secondary N) is 7. The van der Waals surface area contributed by atoms with E-state index in [2.05, 4.69) is 125 Å². The quantitative estimate of drug-likeness (QED) is 0.0224. The standard InChI is InChI=1S/C21H29N7O2.C20H27N7O.2C19H27N9O/c1-3-15-12-23-28-19(15)25-20(24-17-7-5-4-6-16(17)13-29)26-21(28)22-11-14-8-9-27(2)18(30)10-14;1-2-15-12-23-27-18(15)25-19(24-17-8-4-3-7-16(17)13-28)26-20(27)22-11-14-6-5-9-21-10-14;1-2-14-12-24-28-16(14)25-19(27-7-4-3-5-15(27)6-8-29)26-18(28)23-11-13-9-21-17(20)22-10-13;1-2-13-10-24-28-16(13)26-18(25-15-6-4-3-5-14(15)11-29)27-19(28)23-9-12-7-21-17(20)22-8-12/h8-10,12,16-17,29H,3-7,11,13H2,1-2H3,(H2,22,24,25,26);5-6,9-10,12,16-17,28H,2-4,7-8,11,13H2,1H3,(H2,22,24,25,26);9-10,12,15,29H,2-8,11H2,1H3,(H2,20,21,22)(H,23,25,26);7-8,10,14-15,29H,2-6,9,11H2,1H3,(H2,20,21,22)(H2,23,25,26,27)/t2*16-,17-;15-;14-,15-/m0000/s1. The molecular formula is C79H110N32O5. The summed E-state index contributed by atoms with van der Waals surface area (Å²) in [6.07, 6.45) is 39.8. The molecule has 4 fully saturated rings. The van der Waals surface area contributed by atoms with Gasteiger partial charge in [-0.05, 0) is 113 Å². The van der Waals surface area contributed by atoms with Crippen LogP contribution < -0.4 is 59.1 Å². The van der Waals surface area contributed by atoms with Crippen molar-refractivity contribution in [2.45, 2.75) is 206 Å². The monoisotopic (exact) mass is 1590 g/mol. The van der Waals surface area contributed by atoms with E-state index in [0.717, 1.165) is 189 Å². The molecule has 4 aliphatic rings. The van der Waals surface area contributed by atoms with Crippen molar-refractivity contribution in [3.63, 3.8) is 0 Å². The van der Waals surface area contributed by atoms with Gasteiger partial charge >= 0.3 is 0 Å². The van der Waals surface area contributed by atoms with Gasteiger partial charge in [0.15, 0.2) is 22.6 Å². The lowest BCUT2D eigenvalue weighted by atomic mass is 9.85. The fourth-order valence-corrected chi connectivity index (χ4v) is 15.4. The van der Waals surface area contributed by atoms with Crippen LogP contribution in [-0.2, 0) is 58.9 Å². The second kappa shape index (κ2) is 40.0. The van der Waals surface area contributed by atoms with Crippen LogP contribution >= 0.6 is 0 Å². The van der Waals surface area contributed by atoms with Crippen molar-refractivity contribution >= 4 is 82.1 Å². The minimum Gasteiger partial charge on any atom is -0.396 e. The van der Waals surface area contributed by atoms with Crippen molar-refractivity contribution < 1.29 is 20.4 Å². The van der Waals surface area contributed by atoms with Crippen molar-refractivity contribution in [3.8, 4) is 0 Å². The zero-order valence-corrected chi connectivity index (χ0v) is 66.8. The number of aromatic nitrogens is 22. The molecule has 1 aliphatic heterocycles. The molecule has 0 bridgehead atoms. The highest BCUT2D eigenvalue weighted by Crippen LogP contribution is 2.32. The third-order valence-electron chi connectivity index (χ3n) is 22.1. The van der Waals surface area contributed by atoms with E-state index < -0.39 is 0 Å². The lowest BCUT2D eigenvalue weighted by molar-refractivity contribution is 0.177. The minimum absolute atomic E-state index is 0.0517. The van der Waals surface area contributed by atoms with Crippen molar-refractivity contribution in [2.75, 3.05) is 86.6 Å². The summed E-state index contributed by atoms with van der Waals surface area (Å²) in [6.45, 7) is 12.0. The van der Waals surface area contributed by atoms with Crippen molar-refractivity contribution in [3.05, 3.63) is 147 Å². The first-order chi connectivity index (χ1) is 56.7. The normalized spacial score (nSPS) is 18.8. The average molecular weight is 1590 g/mol. The number of hydrogen-bond donors (Lipinski definition) is 13. The number of nitrogens with two attached hydrogens (primary N) is 2. The van der Waals surface area contributed by atoms with E-state index in [0.29, 0.717) is 73.8 Å². The highest BCUT2D eigenvalue weighted by Gasteiger charge is 2.31. The van der Waals surface area contributed by atoms with Gasteiger partial charge in [-0.3, -0.25) is 9.78 Å². The molecule has 37 heteroatoms. The number of aliphatic hydroxyl groups excluding tert-OH is 4. The van der Waals surface area contributed by atoms with Crippen LogP contribution in [0, 0.1) is 17.8 Å². The van der Waals surface area contributed by atoms with Gasteiger partial charge in [0.2, 0.25) is 59.5 Å². The topological polar surface area (TPSA) is 479 Å². The molecule has 12 aromatic rings. The molecule has 0 spiro atoms. The number of nitrogens with zero attached hydrogens (tertiary/aromatic N) is 23. The highest BCUT2D eigenvalue weighted by molar-refractivity contribution is 5.59. The van der Waals surface area contributed by atoms with Crippen LogP contribution in [0.5, 0.6) is 0 Å². The van der Waals surface area contributed by atoms with Gasteiger partial charge < -0.3 is 78.6 Å². The molecule has 616 valence electrons. The molecule has 1 saturated heterocycles. The second-order valence-corrected chi connectivity index (χ2v) is 29.9. The van der Waals surface area contributed by atoms with Gasteiger partial charge in [0, 0.05) is 191 Å². The maximum Gasteiger partial charge on any atom is 0.250 e. The second-order valence-electron chi connectivity index (χ2n) is 29.9. The van der Waals surface area contributed by atoms with Crippen LogP contribution in [0.15, 0.2) is 97.2 Å². The van der Waals surface area contributed by atoms with E-state index in [-0.39, 0.29) is 85.8 Å². The fourth-order valence-electron chi connectivity index (χ4n) is 15.4. The SMILES string of the molecule is CCc1cnn2c(NCc3cccnc3)nc(N[C@H]3CCCC[C@H]3CO)nc12.CCc1cnn2c(NCc3ccn(C)c(=O)c3)nc(N[C@H]3CCCC[C@H]3CO)nc12.CCc1cnn2c(NCc3cnc(N)nc3)nc(N3CCCC[C@H]3CCO)nc12.CCc1cnn2c(NCc3cnc(N)nc3)nc(N[C@H]3CCCC[C@H]3CO)nc12. The van der Waals surface area contributed by atoms with Crippen LogP contribution in [0.2, 0.25) is 0 Å². The molecule has 15 N–H and O–H groups in total. The first-order valence-electron chi connectivity index (χ1n) is 40.8. The third kappa shape index (κ3) is 20.5. The van der Waals surface area contributed by atoms with E-state index in [4.69, 9.17) is 41.4 Å². The fraction of sp³-hybridized carbons (Fsp3) is 0.519. The number of piperidine rings is 1. The van der Waals surface area contributed by atoms with E-state index in [1.807, 2.05) is 49.2 Å². The predicted octanol–water partition coefficient (Wildman–Crippen LogP) is 7.66. The molecule has 0 unspecified atom stereocenters. The zero-order chi connectivity index (χ0) is 80.9. The number of aliphatic hydroxyl groups is 4. The van der Waals surface area contributed by atoms with Crippen LogP contribution in [0.4, 0.5) is 59.5 Å². The Balaban J connectivity index is 0.000000135. The van der Waals surface area contributed by atoms with Gasteiger partial charge in [-0.25, -0.2) is 19.9 Å². The van der Waals surface area contributed by atoms with Crippen LogP contribution in [0.3, 0.4) is 0 Å². The van der Waals surface area contributed by atoms with Crippen molar-refractivity contribution in [2.24, 2.45) is 24.8 Å². The van der Waals surface area contributed by atoms with E-state index in [9.17, 15) is 25.2 Å². The third-order valence-corrected chi connectivity index (χ3v) is 22.1. The van der Waals surface area contributed by atoms with Gasteiger partial charge in [0.25, 0.3) is 5.56 Å². The van der Waals surface area contributed by atoms with Crippen LogP contribution in [0.25, 0.3) is 22.6 Å². The molecular weight excluding hydrogens is 1480 g/mol. The number of anilines is 10. The number of hydrogen-bond acceptors (Lipinski definition) is 32. The number of fused-ring (bicyclic) bond motifs is 4. The number of pyridine rings is 2. The Morgan fingerprint density at radius 1 is 0.440 bits per heavy atom. The van der Waals surface area contributed by atoms with Gasteiger partial charge in [-0.15, -0.1) is 0 Å². The first kappa shape index (κ1) is 82.3. The zero-order valence-electron chi connectivity index (χ0n) is 66.8. The summed E-state index contributed by atoms with van der Waals surface area (Å²) in [7, 11) is 1.73. The lowest BCUT2D eigenvalue weighted by Crippen LogP contribution is -2.41. The summed E-state index contributed by atoms with van der Waals surface area (Å²) in [5.74, 6) is 5.96.